The van der Waals surface area contributed by atoms with Gasteiger partial charge in [0.25, 0.3) is 5.95 Å². The number of hydrogen-bond donors (Lipinski definition) is 1. The van der Waals surface area contributed by atoms with Gasteiger partial charge in [0.05, 0.1) is 6.42 Å². The molecule has 0 aliphatic heterocycles. The Morgan fingerprint density at radius 1 is 1.40 bits per heavy atom. The molecule has 2 N–H and O–H groups in total. The number of aliphatic imine (C=N–C) groups is 1. The smallest absolute Gasteiger partial charge is 0.251 e. The van der Waals surface area contributed by atoms with Crippen LogP contribution in [0.3, 0.4) is 0 Å². The van der Waals surface area contributed by atoms with Crippen molar-refractivity contribution in [2.45, 2.75) is 27.2 Å². The Kier molecular flexibility index (Phi) is 3.49. The molecule has 0 bridgehead atoms. The summed E-state index contributed by atoms with van der Waals surface area (Å²) in [6.07, 6.45) is 0.135. The second kappa shape index (κ2) is 4.63. The summed E-state index contributed by atoms with van der Waals surface area (Å²) in [5.41, 5.74) is 7.22. The van der Waals surface area contributed by atoms with Gasteiger partial charge in [-0.1, -0.05) is 0 Å². The van der Waals surface area contributed by atoms with Crippen molar-refractivity contribution in [3.63, 3.8) is 0 Å². The van der Waals surface area contributed by atoms with Gasteiger partial charge in [0.2, 0.25) is 0 Å². The molecule has 0 aromatic carbocycles. The van der Waals surface area contributed by atoms with Crippen LogP contribution in [0.2, 0.25) is 0 Å². The molecule has 0 aliphatic carbocycles. The largest absolute Gasteiger partial charge is 0.387 e. The minimum Gasteiger partial charge on any atom is -0.387 e. The number of aryl methyl sites for hydroxylation is 2. The van der Waals surface area contributed by atoms with Crippen LogP contribution in [0.4, 0.5) is 5.95 Å². The van der Waals surface area contributed by atoms with E-state index in [9.17, 15) is 4.79 Å². The summed E-state index contributed by atoms with van der Waals surface area (Å²) in [5, 5.41) is 0. The molecule has 0 spiro atoms. The zero-order valence-corrected chi connectivity index (χ0v) is 9.11. The third-order valence-corrected chi connectivity index (χ3v) is 1.64. The Morgan fingerprint density at radius 3 is 2.40 bits per heavy atom. The molecular formula is C10H14N4O. The van der Waals surface area contributed by atoms with E-state index in [0.717, 1.165) is 11.4 Å². The summed E-state index contributed by atoms with van der Waals surface area (Å²) in [6.45, 7) is 5.18. The van der Waals surface area contributed by atoms with Crippen LogP contribution in [0.15, 0.2) is 11.1 Å². The van der Waals surface area contributed by atoms with Crippen LogP contribution in [-0.2, 0) is 4.79 Å². The second-order valence-electron chi connectivity index (χ2n) is 3.43. The summed E-state index contributed by atoms with van der Waals surface area (Å²) in [7, 11) is 0. The van der Waals surface area contributed by atoms with Crippen molar-refractivity contribution in [2.75, 3.05) is 0 Å². The van der Waals surface area contributed by atoms with Gasteiger partial charge in [0, 0.05) is 11.4 Å². The Bertz CT molecular complexity index is 392. The first-order valence-corrected chi connectivity index (χ1v) is 4.62. The van der Waals surface area contributed by atoms with Crippen LogP contribution in [0.1, 0.15) is 24.7 Å². The lowest BCUT2D eigenvalue weighted by atomic mass is 10.3. The Labute approximate surface area is 88.5 Å². The third kappa shape index (κ3) is 3.84. The molecule has 0 aliphatic rings. The number of aromatic nitrogens is 2. The second-order valence-corrected chi connectivity index (χ2v) is 3.43. The first kappa shape index (κ1) is 11.3. The van der Waals surface area contributed by atoms with Crippen LogP contribution in [0.5, 0.6) is 0 Å². The van der Waals surface area contributed by atoms with Crippen LogP contribution >= 0.6 is 0 Å². The number of Topliss-reactive ketones (excluding diaryl/α,β-unsaturated/α-hetero) is 1. The number of nitrogens with zero attached hydrogens (tertiary/aromatic N) is 3. The fraction of sp³-hybridized carbons (Fsp3) is 0.400. The lowest BCUT2D eigenvalue weighted by Crippen LogP contribution is -2.15. The zero-order valence-electron chi connectivity index (χ0n) is 9.11. The van der Waals surface area contributed by atoms with Gasteiger partial charge >= 0.3 is 0 Å². The molecule has 15 heavy (non-hydrogen) atoms. The topological polar surface area (TPSA) is 81.2 Å². The average molecular weight is 206 g/mol. The predicted molar refractivity (Wildman–Crippen MR) is 58.1 cm³/mol. The van der Waals surface area contributed by atoms with Crippen molar-refractivity contribution in [1.29, 1.82) is 0 Å². The standard InChI is InChI=1S/C10H14N4O/c1-6-4-7(2)13-10(12-6)14-9(11)5-8(3)15/h4H,5H2,1-3H3,(H2,11,12,13,14). The number of ketones is 1. The maximum atomic E-state index is 10.8. The maximum Gasteiger partial charge on any atom is 0.251 e. The molecule has 0 amide bonds. The van der Waals surface area contributed by atoms with E-state index in [-0.39, 0.29) is 18.0 Å². The van der Waals surface area contributed by atoms with Crippen molar-refractivity contribution in [1.82, 2.24) is 9.97 Å². The van der Waals surface area contributed by atoms with Gasteiger partial charge in [-0.3, -0.25) is 4.79 Å². The van der Waals surface area contributed by atoms with Gasteiger partial charge < -0.3 is 5.73 Å². The summed E-state index contributed by atoms with van der Waals surface area (Å²) in [5.74, 6) is 0.527. The van der Waals surface area contributed by atoms with E-state index in [1.165, 1.54) is 6.92 Å². The van der Waals surface area contributed by atoms with Crippen molar-refractivity contribution in [3.8, 4) is 0 Å². The van der Waals surface area contributed by atoms with Crippen LogP contribution in [0.25, 0.3) is 0 Å². The molecule has 5 nitrogen and oxygen atoms in total. The minimum atomic E-state index is -0.0272. The molecule has 1 aromatic rings. The summed E-state index contributed by atoms with van der Waals surface area (Å²) in [6, 6.07) is 1.85. The van der Waals surface area contributed by atoms with E-state index < -0.39 is 0 Å². The number of carbonyl (C=O) groups is 1. The molecule has 0 saturated carbocycles. The monoisotopic (exact) mass is 206 g/mol. The van der Waals surface area contributed by atoms with E-state index in [1.54, 1.807) is 0 Å². The lowest BCUT2D eigenvalue weighted by molar-refractivity contribution is -0.115. The van der Waals surface area contributed by atoms with Gasteiger partial charge in [-0.25, -0.2) is 9.97 Å². The number of rotatable bonds is 3. The predicted octanol–water partition coefficient (Wildman–Crippen LogP) is 1.06. The number of hydrogen-bond acceptors (Lipinski definition) is 4. The molecule has 1 aromatic heterocycles. The molecule has 0 atom stereocenters. The van der Waals surface area contributed by atoms with Gasteiger partial charge in [-0.05, 0) is 26.8 Å². The summed E-state index contributed by atoms with van der Waals surface area (Å²) >= 11 is 0. The van der Waals surface area contributed by atoms with Crippen molar-refractivity contribution in [3.05, 3.63) is 17.5 Å². The Morgan fingerprint density at radius 2 is 1.93 bits per heavy atom. The maximum absolute atomic E-state index is 10.8. The SMILES string of the molecule is CC(=O)CC(N)=Nc1nc(C)cc(C)n1. The molecule has 0 fully saturated rings. The average Bonchev–Trinajstić information content (AvgIpc) is 1.98. The van der Waals surface area contributed by atoms with Crippen molar-refractivity contribution < 1.29 is 4.79 Å². The third-order valence-electron chi connectivity index (χ3n) is 1.64. The lowest BCUT2D eigenvalue weighted by Gasteiger charge is -1.99. The molecule has 0 unspecified atom stereocenters. The highest BCUT2D eigenvalue weighted by molar-refractivity contribution is 5.99. The van der Waals surface area contributed by atoms with Gasteiger partial charge in [0.1, 0.15) is 11.6 Å². The van der Waals surface area contributed by atoms with E-state index >= 15 is 0 Å². The van der Waals surface area contributed by atoms with E-state index in [1.807, 2.05) is 19.9 Å². The number of nitrogens with two attached hydrogens (primary N) is 1. The van der Waals surface area contributed by atoms with Crippen molar-refractivity contribution in [2.24, 2.45) is 10.7 Å². The zero-order chi connectivity index (χ0) is 11.4. The van der Waals surface area contributed by atoms with Crippen LogP contribution < -0.4 is 5.73 Å². The molecule has 80 valence electrons. The Hall–Kier alpha value is -1.78. The first-order chi connectivity index (χ1) is 6.97. The molecule has 1 rings (SSSR count). The van der Waals surface area contributed by atoms with Gasteiger partial charge in [-0.15, -0.1) is 0 Å². The first-order valence-electron chi connectivity index (χ1n) is 4.62. The highest BCUT2D eigenvalue weighted by Gasteiger charge is 2.01. The van der Waals surface area contributed by atoms with E-state index in [4.69, 9.17) is 5.73 Å². The van der Waals surface area contributed by atoms with Crippen molar-refractivity contribution >= 4 is 17.6 Å². The summed E-state index contributed by atoms with van der Waals surface area (Å²) < 4.78 is 0. The minimum absolute atomic E-state index is 0.0272. The van der Waals surface area contributed by atoms with Crippen LogP contribution in [0, 0.1) is 13.8 Å². The van der Waals surface area contributed by atoms with Gasteiger partial charge in [-0.2, -0.15) is 4.99 Å². The molecule has 0 radical (unpaired) electrons. The molecular weight excluding hydrogens is 192 g/mol. The highest BCUT2D eigenvalue weighted by atomic mass is 16.1. The fourth-order valence-corrected chi connectivity index (χ4v) is 1.18. The Balaban J connectivity index is 2.92. The summed E-state index contributed by atoms with van der Waals surface area (Å²) in [4.78, 5) is 22.9. The van der Waals surface area contributed by atoms with Gasteiger partial charge in [0.15, 0.2) is 0 Å². The molecule has 5 heteroatoms. The van der Waals surface area contributed by atoms with E-state index in [2.05, 4.69) is 15.0 Å². The number of amidine groups is 1. The normalized spacial score (nSPS) is 11.5. The number of carbonyl (C=O) groups excluding carboxylic acids is 1. The molecule has 1 heterocycles. The molecule has 0 saturated heterocycles. The van der Waals surface area contributed by atoms with E-state index in [0.29, 0.717) is 5.95 Å². The fourth-order valence-electron chi connectivity index (χ4n) is 1.18. The van der Waals surface area contributed by atoms with Crippen LogP contribution in [-0.4, -0.2) is 21.6 Å². The highest BCUT2D eigenvalue weighted by Crippen LogP contribution is 2.07. The quantitative estimate of drug-likeness (QED) is 0.592.